The molecule has 3 N–H and O–H groups in total. The van der Waals surface area contributed by atoms with Gasteiger partial charge in [-0.3, -0.25) is 0 Å². The van der Waals surface area contributed by atoms with Crippen LogP contribution in [-0.4, -0.2) is 35.7 Å². The molecular formula is C28H25FN6O3. The zero-order valence-corrected chi connectivity index (χ0v) is 20.6. The van der Waals surface area contributed by atoms with Gasteiger partial charge in [-0.25, -0.2) is 24.3 Å². The van der Waals surface area contributed by atoms with Crippen molar-refractivity contribution in [2.24, 2.45) is 0 Å². The van der Waals surface area contributed by atoms with E-state index in [1.54, 1.807) is 37.5 Å². The Hall–Kier alpha value is -4.57. The van der Waals surface area contributed by atoms with Crippen LogP contribution < -0.4 is 15.2 Å². The van der Waals surface area contributed by atoms with Gasteiger partial charge in [0, 0.05) is 54.0 Å². The van der Waals surface area contributed by atoms with Crippen molar-refractivity contribution < 1.29 is 19.0 Å². The lowest BCUT2D eigenvalue weighted by Gasteiger charge is -2.32. The second kappa shape index (κ2) is 9.71. The number of nitrogens with zero attached hydrogens (tertiary/aromatic N) is 5. The van der Waals surface area contributed by atoms with Crippen LogP contribution in [0.15, 0.2) is 67.4 Å². The Balaban J connectivity index is 1.22. The van der Waals surface area contributed by atoms with Crippen LogP contribution in [0.1, 0.15) is 30.3 Å². The van der Waals surface area contributed by atoms with Crippen molar-refractivity contribution in [3.63, 3.8) is 0 Å². The average molecular weight is 513 g/mol. The highest BCUT2D eigenvalue weighted by Crippen LogP contribution is 2.40. The minimum Gasteiger partial charge on any atom is -0.489 e. The molecule has 0 spiro atoms. The Bertz CT molecular complexity index is 1600. The third kappa shape index (κ3) is 4.73. The summed E-state index contributed by atoms with van der Waals surface area (Å²) in [5.41, 5.74) is 9.56. The third-order valence-electron chi connectivity index (χ3n) is 6.61. The summed E-state index contributed by atoms with van der Waals surface area (Å²) in [5, 5.41) is 10.6. The largest absolute Gasteiger partial charge is 0.489 e. The topological polar surface area (TPSA) is 121 Å². The monoisotopic (exact) mass is 512 g/mol. The molecule has 0 atom stereocenters. The first-order chi connectivity index (χ1) is 18.4. The first-order valence-corrected chi connectivity index (χ1v) is 12.2. The van der Waals surface area contributed by atoms with Gasteiger partial charge in [0.1, 0.15) is 53.3 Å². The Morgan fingerprint density at radius 3 is 2.47 bits per heavy atom. The van der Waals surface area contributed by atoms with Crippen molar-refractivity contribution in [3.8, 4) is 28.4 Å². The van der Waals surface area contributed by atoms with Crippen LogP contribution in [0.4, 0.5) is 10.2 Å². The average Bonchev–Trinajstić information content (AvgIpc) is 3.27. The van der Waals surface area contributed by atoms with Crippen LogP contribution in [0, 0.1) is 12.7 Å². The van der Waals surface area contributed by atoms with Gasteiger partial charge >= 0.3 is 0 Å². The molecule has 5 aromatic rings. The number of hydrogen-bond donors (Lipinski definition) is 2. The van der Waals surface area contributed by atoms with Crippen molar-refractivity contribution in [1.29, 1.82) is 0 Å². The van der Waals surface area contributed by atoms with Gasteiger partial charge in [-0.2, -0.15) is 0 Å². The summed E-state index contributed by atoms with van der Waals surface area (Å²) >= 11 is 0. The van der Waals surface area contributed by atoms with E-state index in [1.165, 1.54) is 18.5 Å². The van der Waals surface area contributed by atoms with Crippen molar-refractivity contribution in [1.82, 2.24) is 24.5 Å². The molecule has 38 heavy (non-hydrogen) atoms. The van der Waals surface area contributed by atoms with E-state index in [0.717, 1.165) is 27.7 Å². The van der Waals surface area contributed by atoms with E-state index in [2.05, 4.69) is 24.5 Å². The Labute approximate surface area is 217 Å². The quantitative estimate of drug-likeness (QED) is 0.313. The maximum absolute atomic E-state index is 14.3. The van der Waals surface area contributed by atoms with Crippen LogP contribution in [0.5, 0.6) is 17.2 Å². The summed E-state index contributed by atoms with van der Waals surface area (Å²) in [4.78, 5) is 16.9. The highest BCUT2D eigenvalue weighted by Gasteiger charge is 2.31. The highest BCUT2D eigenvalue weighted by atomic mass is 19.1. The lowest BCUT2D eigenvalue weighted by molar-refractivity contribution is 0.0502. The summed E-state index contributed by atoms with van der Waals surface area (Å²) < 4.78 is 28.0. The summed E-state index contributed by atoms with van der Waals surface area (Å²) in [6.07, 6.45) is 7.88. The molecule has 192 valence electrons. The standard InChI is InChI=1S/C28H25FN6O3/c1-16-31-11-17(12-32-16)14-37-23-6-19(29)7-24(10-23)38-22-4-2-18(3-5-22)25-13-35(20-8-21(36)9-20)28-26(25)27(30)33-15-34-28/h2-7,10-13,15,20-21,36H,8-9,14H2,1H3,(H2,30,33,34). The van der Waals surface area contributed by atoms with Gasteiger partial charge in [0.15, 0.2) is 0 Å². The number of ether oxygens (including phenoxy) is 2. The summed E-state index contributed by atoms with van der Waals surface area (Å²) in [6.45, 7) is 2.01. The van der Waals surface area contributed by atoms with Gasteiger partial charge < -0.3 is 24.9 Å². The number of hydrogen-bond acceptors (Lipinski definition) is 8. The molecule has 0 aliphatic heterocycles. The van der Waals surface area contributed by atoms with Crippen molar-refractivity contribution >= 4 is 16.9 Å². The first kappa shape index (κ1) is 23.8. The van der Waals surface area contributed by atoms with E-state index in [1.807, 2.05) is 18.3 Å². The number of rotatable bonds is 7. The number of anilines is 1. The van der Waals surface area contributed by atoms with Crippen molar-refractivity contribution in [3.05, 3.63) is 84.6 Å². The van der Waals surface area contributed by atoms with E-state index >= 15 is 0 Å². The van der Waals surface area contributed by atoms with Crippen LogP contribution >= 0.6 is 0 Å². The zero-order chi connectivity index (χ0) is 26.2. The fourth-order valence-corrected chi connectivity index (χ4v) is 4.57. The maximum atomic E-state index is 14.3. The fraction of sp³-hybridized carbons (Fsp3) is 0.214. The van der Waals surface area contributed by atoms with E-state index in [4.69, 9.17) is 15.2 Å². The SMILES string of the molecule is Cc1ncc(COc2cc(F)cc(Oc3ccc(-c4cn(C5CC(O)C5)c5ncnc(N)c45)cc3)c2)cn1. The molecule has 1 aliphatic rings. The molecule has 0 radical (unpaired) electrons. The number of aromatic nitrogens is 5. The van der Waals surface area contributed by atoms with Gasteiger partial charge in [-0.15, -0.1) is 0 Å². The minimum absolute atomic E-state index is 0.168. The van der Waals surface area contributed by atoms with Gasteiger partial charge in [-0.05, 0) is 37.5 Å². The molecule has 2 aromatic carbocycles. The van der Waals surface area contributed by atoms with Gasteiger partial charge in [0.25, 0.3) is 0 Å². The molecule has 1 fully saturated rings. The summed E-state index contributed by atoms with van der Waals surface area (Å²) in [7, 11) is 0. The smallest absolute Gasteiger partial charge is 0.146 e. The van der Waals surface area contributed by atoms with Gasteiger partial charge in [-0.1, -0.05) is 12.1 Å². The molecule has 0 amide bonds. The number of nitrogens with two attached hydrogens (primary N) is 1. The van der Waals surface area contributed by atoms with Gasteiger partial charge in [0.2, 0.25) is 0 Å². The van der Waals surface area contributed by atoms with Crippen LogP contribution in [0.2, 0.25) is 0 Å². The van der Waals surface area contributed by atoms with Gasteiger partial charge in [0.05, 0.1) is 11.5 Å². The molecule has 1 saturated carbocycles. The zero-order valence-electron chi connectivity index (χ0n) is 20.6. The second-order valence-corrected chi connectivity index (χ2v) is 9.36. The molecule has 1 aliphatic carbocycles. The molecule has 9 nitrogen and oxygen atoms in total. The third-order valence-corrected chi connectivity index (χ3v) is 6.61. The molecule has 6 rings (SSSR count). The normalized spacial score (nSPS) is 16.8. The predicted octanol–water partition coefficient (Wildman–Crippen LogP) is 4.99. The molecule has 0 unspecified atom stereocenters. The fourth-order valence-electron chi connectivity index (χ4n) is 4.57. The number of fused-ring (bicyclic) bond motifs is 1. The molecular weight excluding hydrogens is 487 g/mol. The van der Waals surface area contributed by atoms with E-state index in [-0.39, 0.29) is 18.8 Å². The molecule has 0 bridgehead atoms. The molecule has 0 saturated heterocycles. The lowest BCUT2D eigenvalue weighted by Crippen LogP contribution is -2.30. The Kier molecular flexibility index (Phi) is 6.09. The lowest BCUT2D eigenvalue weighted by atomic mass is 9.89. The number of aliphatic hydroxyl groups is 1. The van der Waals surface area contributed by atoms with Crippen LogP contribution in [0.3, 0.4) is 0 Å². The number of benzene rings is 2. The number of aliphatic hydroxyl groups excluding tert-OH is 1. The molecule has 10 heteroatoms. The highest BCUT2D eigenvalue weighted by molar-refractivity contribution is 6.00. The van der Waals surface area contributed by atoms with E-state index < -0.39 is 5.82 Å². The number of aryl methyl sites for hydroxylation is 1. The van der Waals surface area contributed by atoms with Crippen molar-refractivity contribution in [2.75, 3.05) is 5.73 Å². The summed E-state index contributed by atoms with van der Waals surface area (Å²) in [5.74, 6) is 1.77. The second-order valence-electron chi connectivity index (χ2n) is 9.36. The Morgan fingerprint density at radius 2 is 1.74 bits per heavy atom. The summed E-state index contributed by atoms with van der Waals surface area (Å²) in [6, 6.07) is 11.8. The Morgan fingerprint density at radius 1 is 1.00 bits per heavy atom. The van der Waals surface area contributed by atoms with E-state index in [9.17, 15) is 9.50 Å². The van der Waals surface area contributed by atoms with E-state index in [0.29, 0.717) is 41.7 Å². The van der Waals surface area contributed by atoms with Crippen molar-refractivity contribution in [2.45, 2.75) is 38.5 Å². The molecule has 3 aromatic heterocycles. The van der Waals surface area contributed by atoms with Crippen LogP contribution in [-0.2, 0) is 6.61 Å². The minimum atomic E-state index is -0.473. The van der Waals surface area contributed by atoms with Crippen LogP contribution in [0.25, 0.3) is 22.2 Å². The predicted molar refractivity (Wildman–Crippen MR) is 139 cm³/mol. The number of nitrogen functional groups attached to an aromatic ring is 1. The molecule has 3 heterocycles. The first-order valence-electron chi connectivity index (χ1n) is 12.2. The maximum Gasteiger partial charge on any atom is 0.146 e. The number of halogens is 1.